The molecule has 6 heteroatoms. The zero-order valence-corrected chi connectivity index (χ0v) is 26.3. The van der Waals surface area contributed by atoms with Gasteiger partial charge in [0.25, 0.3) is 0 Å². The number of ether oxygens (including phenoxy) is 1. The van der Waals surface area contributed by atoms with Gasteiger partial charge in [0.2, 0.25) is 11.8 Å². The zero-order chi connectivity index (χ0) is 29.4. The summed E-state index contributed by atoms with van der Waals surface area (Å²) in [4.78, 5) is 53.8. The van der Waals surface area contributed by atoms with Gasteiger partial charge in [-0.15, -0.1) is 0 Å². The lowest BCUT2D eigenvalue weighted by molar-refractivity contribution is -0.154. The second kappa shape index (κ2) is 12.3. The second-order valence-corrected chi connectivity index (χ2v) is 15.6. The SMILES string of the molecule is CC1C(=O)OC(=O)C1CC(CC(C)(C)C1C(=O)N(C)C(=O)C1CC(C1CCCCC1)C(C)(C)C)C1CCCCC1. The van der Waals surface area contributed by atoms with Gasteiger partial charge in [0.15, 0.2) is 0 Å². The summed E-state index contributed by atoms with van der Waals surface area (Å²) in [5.41, 5.74) is -0.341. The minimum Gasteiger partial charge on any atom is -0.393 e. The van der Waals surface area contributed by atoms with E-state index in [1.165, 1.54) is 56.3 Å². The number of hydrogen-bond acceptors (Lipinski definition) is 5. The first-order chi connectivity index (χ1) is 18.7. The Kier molecular flexibility index (Phi) is 9.56. The lowest BCUT2D eigenvalue weighted by atomic mass is 9.60. The summed E-state index contributed by atoms with van der Waals surface area (Å²) < 4.78 is 5.02. The molecule has 0 spiro atoms. The van der Waals surface area contributed by atoms with Crippen LogP contribution in [0.1, 0.15) is 125 Å². The van der Waals surface area contributed by atoms with Crippen molar-refractivity contribution in [1.82, 2.24) is 4.90 Å². The third kappa shape index (κ3) is 6.51. The molecule has 6 nitrogen and oxygen atoms in total. The maximum Gasteiger partial charge on any atom is 0.317 e. The lowest BCUT2D eigenvalue weighted by Gasteiger charge is -2.43. The molecule has 2 saturated carbocycles. The number of hydrogen-bond donors (Lipinski definition) is 0. The summed E-state index contributed by atoms with van der Waals surface area (Å²) in [7, 11) is 1.67. The summed E-state index contributed by atoms with van der Waals surface area (Å²) in [6.07, 6.45) is 14.3. The molecule has 6 unspecified atom stereocenters. The molecule has 6 atom stereocenters. The molecule has 4 fully saturated rings. The largest absolute Gasteiger partial charge is 0.393 e. The topological polar surface area (TPSA) is 80.8 Å². The van der Waals surface area contributed by atoms with E-state index < -0.39 is 23.2 Å². The van der Waals surface area contributed by atoms with E-state index in [2.05, 4.69) is 34.6 Å². The molecule has 2 saturated heterocycles. The Morgan fingerprint density at radius 3 is 1.80 bits per heavy atom. The number of cyclic esters (lactones) is 2. The molecule has 2 amide bonds. The summed E-state index contributed by atoms with van der Waals surface area (Å²) in [6, 6.07) is 0. The molecule has 0 N–H and O–H groups in total. The maximum absolute atomic E-state index is 13.8. The molecule has 2 heterocycles. The number of likely N-dealkylation sites (tertiary alicyclic amines) is 1. The molecule has 0 aromatic rings. The van der Waals surface area contributed by atoms with Crippen LogP contribution in [0.3, 0.4) is 0 Å². The fraction of sp³-hybridized carbons (Fsp3) is 0.882. The highest BCUT2D eigenvalue weighted by molar-refractivity contribution is 6.05. The van der Waals surface area contributed by atoms with E-state index in [9.17, 15) is 19.2 Å². The fourth-order valence-corrected chi connectivity index (χ4v) is 9.17. The highest BCUT2D eigenvalue weighted by atomic mass is 16.6. The lowest BCUT2D eigenvalue weighted by Crippen LogP contribution is -2.40. The van der Waals surface area contributed by atoms with Gasteiger partial charge in [-0.25, -0.2) is 0 Å². The smallest absolute Gasteiger partial charge is 0.317 e. The Hall–Kier alpha value is -1.72. The zero-order valence-electron chi connectivity index (χ0n) is 26.3. The van der Waals surface area contributed by atoms with Gasteiger partial charge in [-0.05, 0) is 53.8 Å². The Labute approximate surface area is 242 Å². The minimum atomic E-state index is -0.418. The first-order valence-electron chi connectivity index (χ1n) is 16.3. The van der Waals surface area contributed by atoms with Crippen LogP contribution in [0.4, 0.5) is 0 Å². The van der Waals surface area contributed by atoms with E-state index in [0.29, 0.717) is 24.2 Å². The number of carbonyl (C=O) groups excluding carboxylic acids is 4. The van der Waals surface area contributed by atoms with Crippen LogP contribution >= 0.6 is 0 Å². The Morgan fingerprint density at radius 1 is 0.750 bits per heavy atom. The second-order valence-electron chi connectivity index (χ2n) is 15.6. The van der Waals surface area contributed by atoms with Gasteiger partial charge in [0.05, 0.1) is 23.7 Å². The van der Waals surface area contributed by atoms with Gasteiger partial charge in [-0.3, -0.25) is 24.1 Å². The van der Waals surface area contributed by atoms with Crippen LogP contribution in [0.25, 0.3) is 0 Å². The van der Waals surface area contributed by atoms with Gasteiger partial charge < -0.3 is 4.74 Å². The molecule has 0 bridgehead atoms. The minimum absolute atomic E-state index is 0.0130. The Balaban J connectivity index is 1.61. The normalized spacial score (nSPS) is 31.1. The number of nitrogens with zero attached hydrogens (tertiary/aromatic N) is 1. The van der Waals surface area contributed by atoms with E-state index in [0.717, 1.165) is 25.7 Å². The van der Waals surface area contributed by atoms with Crippen molar-refractivity contribution in [2.45, 2.75) is 125 Å². The van der Waals surface area contributed by atoms with Crippen LogP contribution in [0, 0.1) is 58.2 Å². The molecule has 2 aliphatic carbocycles. The average Bonchev–Trinajstić information content (AvgIpc) is 3.27. The first kappa shape index (κ1) is 31.2. The molecule has 226 valence electrons. The van der Waals surface area contributed by atoms with Crippen molar-refractivity contribution in [1.29, 1.82) is 0 Å². The maximum atomic E-state index is 13.8. The van der Waals surface area contributed by atoms with Crippen molar-refractivity contribution in [2.75, 3.05) is 7.05 Å². The first-order valence-corrected chi connectivity index (χ1v) is 16.3. The molecule has 40 heavy (non-hydrogen) atoms. The number of carbonyl (C=O) groups is 4. The van der Waals surface area contributed by atoms with Crippen molar-refractivity contribution in [3.05, 3.63) is 0 Å². The summed E-state index contributed by atoms with van der Waals surface area (Å²) in [5, 5.41) is 0. The molecular weight excluding hydrogens is 502 g/mol. The molecular formula is C34H55NO5. The van der Waals surface area contributed by atoms with E-state index in [4.69, 9.17) is 4.74 Å². The van der Waals surface area contributed by atoms with Crippen LogP contribution in [-0.4, -0.2) is 35.7 Å². The van der Waals surface area contributed by atoms with Crippen molar-refractivity contribution < 1.29 is 23.9 Å². The van der Waals surface area contributed by atoms with Gasteiger partial charge in [-0.1, -0.05) is 106 Å². The molecule has 4 rings (SSSR count). The number of rotatable bonds is 9. The van der Waals surface area contributed by atoms with Gasteiger partial charge >= 0.3 is 11.9 Å². The Bertz CT molecular complexity index is 952. The molecule has 2 aliphatic heterocycles. The number of imide groups is 1. The van der Waals surface area contributed by atoms with Gasteiger partial charge in [-0.2, -0.15) is 0 Å². The van der Waals surface area contributed by atoms with E-state index >= 15 is 0 Å². The molecule has 4 aliphatic rings. The average molecular weight is 558 g/mol. The highest BCUT2D eigenvalue weighted by Crippen LogP contribution is 2.52. The van der Waals surface area contributed by atoms with Crippen LogP contribution in [0.2, 0.25) is 0 Å². The third-order valence-corrected chi connectivity index (χ3v) is 11.5. The number of amides is 2. The van der Waals surface area contributed by atoms with Crippen molar-refractivity contribution in [3.8, 4) is 0 Å². The summed E-state index contributed by atoms with van der Waals surface area (Å²) >= 11 is 0. The molecule has 0 aromatic heterocycles. The monoisotopic (exact) mass is 557 g/mol. The molecule has 0 aromatic carbocycles. The van der Waals surface area contributed by atoms with Crippen molar-refractivity contribution >= 4 is 23.8 Å². The molecule has 0 radical (unpaired) electrons. The van der Waals surface area contributed by atoms with E-state index in [1.54, 1.807) is 7.05 Å². The summed E-state index contributed by atoms with van der Waals surface area (Å²) in [6.45, 7) is 13.1. The number of esters is 2. The van der Waals surface area contributed by atoms with Crippen molar-refractivity contribution in [2.24, 2.45) is 58.2 Å². The van der Waals surface area contributed by atoms with E-state index in [-0.39, 0.29) is 41.0 Å². The van der Waals surface area contributed by atoms with Gasteiger partial charge in [0.1, 0.15) is 0 Å². The highest BCUT2D eigenvalue weighted by Gasteiger charge is 2.55. The predicted octanol–water partition coefficient (Wildman–Crippen LogP) is 7.19. The third-order valence-electron chi connectivity index (χ3n) is 11.5. The summed E-state index contributed by atoms with van der Waals surface area (Å²) in [5.74, 6) is -0.659. The van der Waals surface area contributed by atoms with Crippen molar-refractivity contribution in [3.63, 3.8) is 0 Å². The van der Waals surface area contributed by atoms with E-state index in [1.807, 2.05) is 6.92 Å². The Morgan fingerprint density at radius 2 is 1.30 bits per heavy atom. The van der Waals surface area contributed by atoms with Crippen LogP contribution in [0.5, 0.6) is 0 Å². The van der Waals surface area contributed by atoms with Crippen LogP contribution < -0.4 is 0 Å². The quantitative estimate of drug-likeness (QED) is 0.170. The predicted molar refractivity (Wildman–Crippen MR) is 156 cm³/mol. The van der Waals surface area contributed by atoms with Crippen LogP contribution in [-0.2, 0) is 23.9 Å². The standard InChI is InChI=1S/C34H55NO5/c1-21-25(32(39)40-31(21)38)18-24(22-14-10-8-11-15-22)20-34(5,6)28-26(29(36)35(7)30(28)37)19-27(33(2,3)4)23-16-12-9-13-17-23/h21-28H,8-20H2,1-7H3. The fourth-order valence-electron chi connectivity index (χ4n) is 9.17. The van der Waals surface area contributed by atoms with Crippen LogP contribution in [0.15, 0.2) is 0 Å². The van der Waals surface area contributed by atoms with Gasteiger partial charge in [0, 0.05) is 7.05 Å².